The summed E-state index contributed by atoms with van der Waals surface area (Å²) in [5.74, 6) is -0.537. The molecule has 0 fully saturated rings. The first-order chi connectivity index (χ1) is 30.0. The highest BCUT2D eigenvalue weighted by molar-refractivity contribution is 5.77. The van der Waals surface area contributed by atoms with E-state index in [4.69, 9.17) is 4.74 Å². The fourth-order valence-corrected chi connectivity index (χ4v) is 7.28. The smallest absolute Gasteiger partial charge is 0.306 e. The first-order valence-electron chi connectivity index (χ1n) is 25.4. The minimum atomic E-state index is -0.801. The van der Waals surface area contributed by atoms with Crippen LogP contribution in [0.3, 0.4) is 0 Å². The minimum absolute atomic E-state index is 0.0497. The van der Waals surface area contributed by atoms with Gasteiger partial charge in [-0.2, -0.15) is 0 Å². The van der Waals surface area contributed by atoms with Gasteiger partial charge in [0.1, 0.15) is 6.10 Å². The summed E-state index contributed by atoms with van der Waals surface area (Å²) in [6, 6.07) is -0.717. The lowest BCUT2D eigenvalue weighted by molar-refractivity contribution is -0.151. The molecule has 0 radical (unpaired) electrons. The maximum Gasteiger partial charge on any atom is 0.306 e. The summed E-state index contributed by atoms with van der Waals surface area (Å²) < 4.78 is 5.91. The van der Waals surface area contributed by atoms with E-state index in [1.165, 1.54) is 103 Å². The second-order valence-corrected chi connectivity index (χ2v) is 17.0. The molecule has 0 aromatic heterocycles. The molecule has 0 aromatic carbocycles. The van der Waals surface area contributed by atoms with Gasteiger partial charge in [0, 0.05) is 6.42 Å². The van der Waals surface area contributed by atoms with Gasteiger partial charge in [-0.25, -0.2) is 0 Å². The molecule has 0 aromatic rings. The van der Waals surface area contributed by atoms with Crippen LogP contribution in [0.4, 0.5) is 0 Å². The van der Waals surface area contributed by atoms with Crippen molar-refractivity contribution >= 4 is 11.9 Å². The SMILES string of the molecule is CC\C=C/C=C/C=C/C=C\C=C\C=C\CCCCCC(=O)OC(CCCCCCC/C=C/CCCCCCCC)CC(=O)NC(CO)C(O)CCCCCCCCCCCC. The van der Waals surface area contributed by atoms with Crippen LogP contribution in [0.2, 0.25) is 0 Å². The van der Waals surface area contributed by atoms with Gasteiger partial charge in [-0.15, -0.1) is 0 Å². The monoisotopic (exact) mass is 850 g/mol. The Morgan fingerprint density at radius 2 is 0.902 bits per heavy atom. The van der Waals surface area contributed by atoms with E-state index in [-0.39, 0.29) is 24.9 Å². The number of aliphatic hydroxyl groups is 2. The van der Waals surface area contributed by atoms with E-state index in [1.807, 2.05) is 54.7 Å². The zero-order chi connectivity index (χ0) is 44.5. The third kappa shape index (κ3) is 43.5. The molecule has 3 atom stereocenters. The molecular weight excluding hydrogens is 755 g/mol. The second kappa shape index (κ2) is 48.1. The summed E-state index contributed by atoms with van der Waals surface area (Å²) >= 11 is 0. The van der Waals surface area contributed by atoms with Crippen molar-refractivity contribution in [3.8, 4) is 0 Å². The van der Waals surface area contributed by atoms with Crippen molar-refractivity contribution in [1.82, 2.24) is 5.32 Å². The normalized spacial score (nSPS) is 14.0. The van der Waals surface area contributed by atoms with Crippen molar-refractivity contribution in [3.05, 3.63) is 85.1 Å². The van der Waals surface area contributed by atoms with E-state index in [0.717, 1.165) is 77.0 Å². The molecule has 0 aliphatic heterocycles. The first kappa shape index (κ1) is 58.0. The molecule has 0 spiro atoms. The van der Waals surface area contributed by atoms with Crippen molar-refractivity contribution in [2.75, 3.05) is 6.61 Å². The van der Waals surface area contributed by atoms with E-state index >= 15 is 0 Å². The molecular formula is C55H95NO5. The Hall–Kier alpha value is -2.96. The van der Waals surface area contributed by atoms with Crippen molar-refractivity contribution in [2.24, 2.45) is 0 Å². The highest BCUT2D eigenvalue weighted by Crippen LogP contribution is 2.17. The van der Waals surface area contributed by atoms with Crippen LogP contribution in [0.25, 0.3) is 0 Å². The van der Waals surface area contributed by atoms with E-state index in [0.29, 0.717) is 19.3 Å². The van der Waals surface area contributed by atoms with Crippen LogP contribution >= 0.6 is 0 Å². The number of rotatable bonds is 44. The molecule has 0 aliphatic carbocycles. The number of nitrogens with one attached hydrogen (secondary N) is 1. The highest BCUT2D eigenvalue weighted by atomic mass is 16.5. The quantitative estimate of drug-likeness (QED) is 0.0246. The maximum atomic E-state index is 13.2. The zero-order valence-electron chi connectivity index (χ0n) is 39.8. The largest absolute Gasteiger partial charge is 0.462 e. The lowest BCUT2D eigenvalue weighted by Gasteiger charge is -2.24. The average molecular weight is 850 g/mol. The molecule has 6 nitrogen and oxygen atoms in total. The Morgan fingerprint density at radius 1 is 0.492 bits per heavy atom. The van der Waals surface area contributed by atoms with Gasteiger partial charge in [0.25, 0.3) is 0 Å². The molecule has 350 valence electrons. The molecule has 3 N–H and O–H groups in total. The molecule has 61 heavy (non-hydrogen) atoms. The number of hydrogen-bond acceptors (Lipinski definition) is 5. The third-order valence-electron chi connectivity index (χ3n) is 11.1. The number of aliphatic hydroxyl groups excluding tert-OH is 2. The van der Waals surface area contributed by atoms with Gasteiger partial charge in [0.15, 0.2) is 0 Å². The molecule has 0 bridgehead atoms. The summed E-state index contributed by atoms with van der Waals surface area (Å²) in [4.78, 5) is 26.1. The van der Waals surface area contributed by atoms with E-state index in [1.54, 1.807) is 0 Å². The number of amides is 1. The topological polar surface area (TPSA) is 95.9 Å². The van der Waals surface area contributed by atoms with Crippen LogP contribution in [-0.2, 0) is 14.3 Å². The van der Waals surface area contributed by atoms with Gasteiger partial charge >= 0.3 is 5.97 Å². The van der Waals surface area contributed by atoms with Crippen LogP contribution in [0, 0.1) is 0 Å². The number of esters is 1. The number of allylic oxidation sites excluding steroid dienone is 14. The standard InChI is InChI=1S/C55H95NO5/c1-4-7-10-13-16-19-22-24-26-27-29-31-33-36-39-42-45-48-55(60)61-51(46-43-40-37-34-32-30-28-25-23-20-17-14-11-8-5-2)49-54(59)56-52(50-57)53(58)47-44-41-38-35-21-18-15-12-9-6-3/h7,10,13,16,19,22,24-29,31,33,51-53,57-58H,4-6,8-9,11-12,14-15,17-18,20-21,23,30,32,34-50H2,1-3H3,(H,56,59)/b10-7-,16-13+,22-19+,26-24-,28-25+,29-27+,33-31+. The molecule has 0 heterocycles. The Labute approximate surface area is 376 Å². The van der Waals surface area contributed by atoms with Gasteiger partial charge in [-0.3, -0.25) is 9.59 Å². The summed E-state index contributed by atoms with van der Waals surface area (Å²) in [6.45, 7) is 6.30. The Morgan fingerprint density at radius 3 is 1.39 bits per heavy atom. The summed E-state index contributed by atoms with van der Waals surface area (Å²) in [5.41, 5.74) is 0. The van der Waals surface area contributed by atoms with Crippen molar-refractivity contribution in [1.29, 1.82) is 0 Å². The number of unbranched alkanes of at least 4 members (excludes halogenated alkanes) is 23. The van der Waals surface area contributed by atoms with Gasteiger partial charge in [-0.1, -0.05) is 228 Å². The Bertz CT molecular complexity index is 1180. The van der Waals surface area contributed by atoms with E-state index in [2.05, 4.69) is 56.5 Å². The van der Waals surface area contributed by atoms with Crippen LogP contribution in [0.15, 0.2) is 85.1 Å². The lowest BCUT2D eigenvalue weighted by Crippen LogP contribution is -2.46. The minimum Gasteiger partial charge on any atom is -0.462 e. The van der Waals surface area contributed by atoms with Crippen LogP contribution < -0.4 is 5.32 Å². The van der Waals surface area contributed by atoms with Gasteiger partial charge in [0.2, 0.25) is 5.91 Å². The predicted molar refractivity (Wildman–Crippen MR) is 264 cm³/mol. The predicted octanol–water partition coefficient (Wildman–Crippen LogP) is 15.2. The number of carbonyl (C=O) groups excluding carboxylic acids is 2. The molecule has 0 saturated carbocycles. The van der Waals surface area contributed by atoms with E-state index < -0.39 is 18.2 Å². The van der Waals surface area contributed by atoms with Crippen LogP contribution in [0.1, 0.15) is 226 Å². The zero-order valence-corrected chi connectivity index (χ0v) is 39.8. The van der Waals surface area contributed by atoms with Gasteiger partial charge in [0.05, 0.1) is 25.2 Å². The van der Waals surface area contributed by atoms with E-state index in [9.17, 15) is 19.8 Å². The third-order valence-corrected chi connectivity index (χ3v) is 11.1. The molecule has 0 aliphatic rings. The maximum absolute atomic E-state index is 13.2. The second-order valence-electron chi connectivity index (χ2n) is 17.0. The average Bonchev–Trinajstić information content (AvgIpc) is 3.25. The first-order valence-corrected chi connectivity index (χ1v) is 25.4. The van der Waals surface area contributed by atoms with Gasteiger partial charge in [-0.05, 0) is 70.6 Å². The molecule has 6 heteroatoms. The Balaban J connectivity index is 4.71. The molecule has 0 saturated heterocycles. The molecule has 1 amide bonds. The fraction of sp³-hybridized carbons (Fsp3) is 0.709. The summed E-state index contributed by atoms with van der Waals surface area (Å²) in [5, 5.41) is 23.7. The van der Waals surface area contributed by atoms with Crippen molar-refractivity contribution in [2.45, 2.75) is 244 Å². The highest BCUT2D eigenvalue weighted by Gasteiger charge is 2.24. The number of hydrogen-bond donors (Lipinski definition) is 3. The number of carbonyl (C=O) groups is 2. The molecule has 0 rings (SSSR count). The number of ether oxygens (including phenoxy) is 1. The lowest BCUT2D eigenvalue weighted by atomic mass is 10.0. The molecule has 3 unspecified atom stereocenters. The van der Waals surface area contributed by atoms with Crippen LogP contribution in [-0.4, -0.2) is 46.9 Å². The Kier molecular flexibility index (Phi) is 45.7. The van der Waals surface area contributed by atoms with Crippen molar-refractivity contribution < 1.29 is 24.5 Å². The fourth-order valence-electron chi connectivity index (χ4n) is 7.28. The summed E-state index contributed by atoms with van der Waals surface area (Å²) in [6.07, 6.45) is 62.1. The summed E-state index contributed by atoms with van der Waals surface area (Å²) in [7, 11) is 0. The van der Waals surface area contributed by atoms with Crippen LogP contribution in [0.5, 0.6) is 0 Å². The van der Waals surface area contributed by atoms with Crippen molar-refractivity contribution in [3.63, 3.8) is 0 Å². The van der Waals surface area contributed by atoms with Gasteiger partial charge < -0.3 is 20.3 Å².